The quantitative estimate of drug-likeness (QED) is 0.0212. The van der Waals surface area contributed by atoms with E-state index in [4.69, 9.17) is 13.8 Å². The summed E-state index contributed by atoms with van der Waals surface area (Å²) in [5, 5.41) is 3.04. The highest BCUT2D eigenvalue weighted by molar-refractivity contribution is 7.45. The Balaban J connectivity index is 5.14. The van der Waals surface area contributed by atoms with Crippen LogP contribution >= 0.6 is 7.82 Å². The minimum absolute atomic E-state index is 0.0316. The SMILES string of the molecule is CC/C=C\C/C=C\C/C=C\C/C=C\C/C=C\CCCCCCCCCCCCCC(=O)NC(COP(=O)([O-])OCC[N+](C)(C)C)C(/C=C\CCCCCCCCCCCCC)OC(=O)CCCCCCC/C=C\C/C=C\C/C=C\C/C=C\CCCCC. The van der Waals surface area contributed by atoms with Crippen LogP contribution in [0.2, 0.25) is 0 Å². The average Bonchev–Trinajstić information content (AvgIpc) is 3.69. The molecule has 0 saturated carbocycles. The van der Waals surface area contributed by atoms with Crippen molar-refractivity contribution in [2.24, 2.45) is 0 Å². The first-order valence-electron chi connectivity index (χ1n) is 35.8. The van der Waals surface area contributed by atoms with Crippen molar-refractivity contribution < 1.29 is 37.3 Å². The standard InChI is InChI=1S/C77H135N2O7P/c1-7-10-13-16-19-22-25-28-30-32-34-36-37-38-39-40-41-43-44-46-48-51-54-57-60-63-66-69-76(80)78-74(73-85-87(82,83)84-72-71-79(4,5)6)75(68-65-62-59-56-53-50-27-24-21-18-15-12-9-3)86-77(81)70-67-64-61-58-55-52-49-47-45-42-35-33-31-29-26-23-20-17-14-11-8-2/h10,13,19-20,22-23,28-31,34-36,38-39,42,47,49,65,68,74-75H,7-9,11-12,14-18,21,24-27,32-33,37,40-41,43-46,48,50-64,66-67,69-73H2,1-6H3,(H-,78,80,82,83)/b13-10-,22-19-,23-20-,30-28-,31-29-,36-34-,39-38-,42-35-,49-47-,68-65-. The second-order valence-electron chi connectivity index (χ2n) is 25.0. The lowest BCUT2D eigenvalue weighted by atomic mass is 10.0. The highest BCUT2D eigenvalue weighted by atomic mass is 31.2. The minimum Gasteiger partial charge on any atom is -0.756 e. The van der Waals surface area contributed by atoms with Crippen LogP contribution in [0.4, 0.5) is 0 Å². The molecule has 3 unspecified atom stereocenters. The monoisotopic (exact) mass is 1230 g/mol. The molecule has 0 rings (SSSR count). The van der Waals surface area contributed by atoms with Gasteiger partial charge < -0.3 is 28.5 Å². The van der Waals surface area contributed by atoms with Crippen molar-refractivity contribution in [3.8, 4) is 0 Å². The number of nitrogens with one attached hydrogen (secondary N) is 1. The van der Waals surface area contributed by atoms with Crippen LogP contribution in [0.1, 0.15) is 303 Å². The lowest BCUT2D eigenvalue weighted by molar-refractivity contribution is -0.870. The van der Waals surface area contributed by atoms with Crippen molar-refractivity contribution in [1.29, 1.82) is 0 Å². The fourth-order valence-corrected chi connectivity index (χ4v) is 10.6. The number of phosphoric ester groups is 1. The van der Waals surface area contributed by atoms with Gasteiger partial charge in [-0.2, -0.15) is 0 Å². The Hall–Kier alpha value is -3.59. The normalized spacial score (nSPS) is 14.2. The zero-order chi connectivity index (χ0) is 63.5. The number of rotatable bonds is 64. The number of hydrogen-bond acceptors (Lipinski definition) is 7. The number of quaternary nitrogens is 1. The second kappa shape index (κ2) is 65.4. The molecule has 0 radical (unpaired) electrons. The summed E-state index contributed by atoms with van der Waals surface area (Å²) in [6.45, 7) is 6.70. The molecule has 10 heteroatoms. The van der Waals surface area contributed by atoms with Gasteiger partial charge in [-0.15, -0.1) is 0 Å². The fourth-order valence-electron chi connectivity index (χ4n) is 9.89. The molecule has 0 aliphatic rings. The molecule has 0 spiro atoms. The van der Waals surface area contributed by atoms with E-state index in [9.17, 15) is 19.0 Å². The summed E-state index contributed by atoms with van der Waals surface area (Å²) in [5.41, 5.74) is 0. The minimum atomic E-state index is -4.72. The molecule has 1 N–H and O–H groups in total. The summed E-state index contributed by atoms with van der Waals surface area (Å²) < 4.78 is 30.5. The van der Waals surface area contributed by atoms with Crippen LogP contribution in [-0.4, -0.2) is 69.4 Å². The molecule has 0 bridgehead atoms. The van der Waals surface area contributed by atoms with Crippen LogP contribution in [0.25, 0.3) is 0 Å². The Bertz CT molecular complexity index is 1900. The second-order valence-corrected chi connectivity index (χ2v) is 26.4. The molecule has 9 nitrogen and oxygen atoms in total. The van der Waals surface area contributed by atoms with Crippen molar-refractivity contribution in [2.75, 3.05) is 40.9 Å². The van der Waals surface area contributed by atoms with E-state index in [1.54, 1.807) is 0 Å². The Morgan fingerprint density at radius 1 is 0.414 bits per heavy atom. The summed E-state index contributed by atoms with van der Waals surface area (Å²) in [7, 11) is 1.16. The maximum Gasteiger partial charge on any atom is 0.306 e. The van der Waals surface area contributed by atoms with Crippen molar-refractivity contribution in [1.82, 2.24) is 5.32 Å². The zero-order valence-corrected chi connectivity index (χ0v) is 58.1. The number of amides is 1. The Morgan fingerprint density at radius 2 is 0.736 bits per heavy atom. The number of nitrogens with zero attached hydrogens (tertiary/aromatic N) is 1. The predicted octanol–water partition coefficient (Wildman–Crippen LogP) is 22.4. The lowest BCUT2D eigenvalue weighted by Crippen LogP contribution is -2.47. The summed E-state index contributed by atoms with van der Waals surface area (Å²) in [6.07, 6.45) is 91.7. The molecule has 1 amide bonds. The lowest BCUT2D eigenvalue weighted by Gasteiger charge is -2.30. The Morgan fingerprint density at radius 3 is 1.13 bits per heavy atom. The molecule has 0 aliphatic heterocycles. The third kappa shape index (κ3) is 66.7. The Kier molecular flexibility index (Phi) is 62.7. The molecular formula is C77H135N2O7P. The van der Waals surface area contributed by atoms with Crippen LogP contribution in [0.3, 0.4) is 0 Å². The maximum absolute atomic E-state index is 13.6. The van der Waals surface area contributed by atoms with Crippen LogP contribution in [0.5, 0.6) is 0 Å². The van der Waals surface area contributed by atoms with E-state index < -0.39 is 26.6 Å². The zero-order valence-electron chi connectivity index (χ0n) is 57.2. The molecule has 0 aliphatic carbocycles. The number of hydrogen-bond donors (Lipinski definition) is 1. The van der Waals surface area contributed by atoms with Gasteiger partial charge in [-0.05, 0) is 122 Å². The number of carbonyl (C=O) groups excluding carboxylic acids is 2. The van der Waals surface area contributed by atoms with E-state index in [2.05, 4.69) is 135 Å². The van der Waals surface area contributed by atoms with Crippen LogP contribution in [0, 0.1) is 0 Å². The number of unbranched alkanes of at least 4 members (excludes halogenated alkanes) is 30. The van der Waals surface area contributed by atoms with Gasteiger partial charge in [-0.1, -0.05) is 290 Å². The van der Waals surface area contributed by atoms with E-state index >= 15 is 0 Å². The van der Waals surface area contributed by atoms with E-state index in [0.717, 1.165) is 135 Å². The largest absolute Gasteiger partial charge is 0.756 e. The maximum atomic E-state index is 13.6. The predicted molar refractivity (Wildman–Crippen MR) is 376 cm³/mol. The van der Waals surface area contributed by atoms with Gasteiger partial charge in [0.1, 0.15) is 19.3 Å². The number of ether oxygens (including phenoxy) is 1. The highest BCUT2D eigenvalue weighted by Gasteiger charge is 2.27. The number of carbonyl (C=O) groups is 2. The molecule has 0 aromatic carbocycles. The molecule has 0 aromatic heterocycles. The fraction of sp³-hybridized carbons (Fsp3) is 0.714. The summed E-state index contributed by atoms with van der Waals surface area (Å²) in [6, 6.07) is -0.907. The summed E-state index contributed by atoms with van der Waals surface area (Å²) in [4.78, 5) is 40.2. The molecule has 0 fully saturated rings. The van der Waals surface area contributed by atoms with Gasteiger partial charge in [0.15, 0.2) is 0 Å². The van der Waals surface area contributed by atoms with Crippen LogP contribution < -0.4 is 10.2 Å². The van der Waals surface area contributed by atoms with Gasteiger partial charge in [0.2, 0.25) is 5.91 Å². The number of esters is 1. The van der Waals surface area contributed by atoms with E-state index in [0.29, 0.717) is 23.9 Å². The molecule has 87 heavy (non-hydrogen) atoms. The van der Waals surface area contributed by atoms with Crippen LogP contribution in [0.15, 0.2) is 122 Å². The van der Waals surface area contributed by atoms with Crippen molar-refractivity contribution in [2.45, 2.75) is 315 Å². The van der Waals surface area contributed by atoms with Gasteiger partial charge in [-0.25, -0.2) is 0 Å². The van der Waals surface area contributed by atoms with Crippen molar-refractivity contribution in [3.05, 3.63) is 122 Å². The van der Waals surface area contributed by atoms with Gasteiger partial charge in [0, 0.05) is 12.8 Å². The Labute approximate surface area is 537 Å². The molecule has 500 valence electrons. The first kappa shape index (κ1) is 83.4. The van der Waals surface area contributed by atoms with Crippen LogP contribution in [-0.2, 0) is 27.9 Å². The van der Waals surface area contributed by atoms with Gasteiger partial charge in [0.25, 0.3) is 7.82 Å². The third-order valence-corrected chi connectivity index (χ3v) is 16.3. The molecule has 0 aromatic rings. The van der Waals surface area contributed by atoms with E-state index in [-0.39, 0.29) is 24.9 Å². The molecule has 3 atom stereocenters. The van der Waals surface area contributed by atoms with Crippen molar-refractivity contribution in [3.63, 3.8) is 0 Å². The number of phosphoric acid groups is 1. The number of allylic oxidation sites excluding steroid dienone is 19. The summed E-state index contributed by atoms with van der Waals surface area (Å²) >= 11 is 0. The molecule has 0 saturated heterocycles. The van der Waals surface area contributed by atoms with Crippen molar-refractivity contribution >= 4 is 19.7 Å². The van der Waals surface area contributed by atoms with Gasteiger partial charge >= 0.3 is 5.97 Å². The topological polar surface area (TPSA) is 114 Å². The molecule has 0 heterocycles. The van der Waals surface area contributed by atoms with E-state index in [1.165, 1.54) is 128 Å². The summed E-state index contributed by atoms with van der Waals surface area (Å²) in [5.74, 6) is -0.566. The molecular weight excluding hydrogens is 1100 g/mol. The van der Waals surface area contributed by atoms with E-state index in [1.807, 2.05) is 33.3 Å². The highest BCUT2D eigenvalue weighted by Crippen LogP contribution is 2.38. The smallest absolute Gasteiger partial charge is 0.306 e. The number of likely N-dealkylation sites (N-methyl/N-ethyl adjacent to an activating group) is 1. The third-order valence-electron chi connectivity index (χ3n) is 15.4. The van der Waals surface area contributed by atoms with Gasteiger partial charge in [0.05, 0.1) is 33.8 Å². The first-order chi connectivity index (χ1) is 42.4. The van der Waals surface area contributed by atoms with Gasteiger partial charge in [-0.3, -0.25) is 14.2 Å². The average molecular weight is 1230 g/mol. The first-order valence-corrected chi connectivity index (χ1v) is 37.3.